The highest BCUT2D eigenvalue weighted by atomic mass is 16.7. The molecule has 1 heterocycles. The zero-order valence-corrected chi connectivity index (χ0v) is 19.4. The number of aliphatic hydroxyl groups is 4. The number of fused-ring (bicyclic) bond motifs is 1. The first-order chi connectivity index (χ1) is 16.3. The van der Waals surface area contributed by atoms with Crippen LogP contribution >= 0.6 is 0 Å². The van der Waals surface area contributed by atoms with Crippen molar-refractivity contribution < 1.29 is 39.5 Å². The summed E-state index contributed by atoms with van der Waals surface area (Å²) in [5, 5.41) is 41.1. The van der Waals surface area contributed by atoms with Crippen molar-refractivity contribution in [3.8, 4) is 0 Å². The third-order valence-corrected chi connectivity index (χ3v) is 6.86. The molecule has 1 aromatic rings. The third kappa shape index (κ3) is 7.12. The summed E-state index contributed by atoms with van der Waals surface area (Å²) in [6.45, 7) is -1.11. The number of carbonyl (C=O) groups excluding carboxylic acids is 2. The average molecular weight is 477 g/mol. The maximum Gasteiger partial charge on any atom is 0.382 e. The van der Waals surface area contributed by atoms with Crippen LogP contribution in [0, 0.1) is 11.8 Å². The Morgan fingerprint density at radius 3 is 2.47 bits per heavy atom. The van der Waals surface area contributed by atoms with E-state index in [0.717, 1.165) is 5.56 Å². The molecule has 0 amide bonds. The Hall–Kier alpha value is -2.26. The Morgan fingerprint density at radius 2 is 1.74 bits per heavy atom. The minimum atomic E-state index is -2.76. The van der Waals surface area contributed by atoms with E-state index in [4.69, 9.17) is 9.47 Å². The molecule has 8 heteroatoms. The van der Waals surface area contributed by atoms with Crippen molar-refractivity contribution in [1.29, 1.82) is 0 Å². The zero-order chi connectivity index (χ0) is 24.6. The molecule has 1 fully saturated rings. The lowest BCUT2D eigenvalue weighted by Gasteiger charge is -2.28. The van der Waals surface area contributed by atoms with Crippen LogP contribution in [0.15, 0.2) is 42.5 Å². The number of cyclic esters (lactones) is 2. The van der Waals surface area contributed by atoms with E-state index >= 15 is 0 Å². The highest BCUT2D eigenvalue weighted by Crippen LogP contribution is 2.39. The molecular formula is C26H36O8. The van der Waals surface area contributed by atoms with Crippen LogP contribution in [0.3, 0.4) is 0 Å². The second-order valence-electron chi connectivity index (χ2n) is 9.34. The highest BCUT2D eigenvalue weighted by Gasteiger charge is 2.44. The molecular weight excluding hydrogens is 440 g/mol. The first kappa shape index (κ1) is 26.3. The van der Waals surface area contributed by atoms with E-state index in [0.29, 0.717) is 51.4 Å². The number of hydrogen-bond acceptors (Lipinski definition) is 8. The van der Waals surface area contributed by atoms with E-state index in [9.17, 15) is 30.0 Å². The second-order valence-corrected chi connectivity index (χ2v) is 9.34. The van der Waals surface area contributed by atoms with Gasteiger partial charge in [0.25, 0.3) is 0 Å². The Kier molecular flexibility index (Phi) is 9.64. The lowest BCUT2D eigenvalue weighted by molar-refractivity contribution is -0.240. The lowest BCUT2D eigenvalue weighted by atomic mass is 9.85. The number of ether oxygens (including phenoxy) is 2. The number of aryl methyl sites for hydroxylation is 1. The zero-order valence-electron chi connectivity index (χ0n) is 19.4. The smallest absolute Gasteiger partial charge is 0.382 e. The van der Waals surface area contributed by atoms with Crippen LogP contribution in [0.4, 0.5) is 0 Å². The number of rotatable bonds is 4. The van der Waals surface area contributed by atoms with Gasteiger partial charge in [0.1, 0.15) is 12.7 Å². The fraction of sp³-hybridized carbons (Fsp3) is 0.615. The molecule has 6 atom stereocenters. The largest absolute Gasteiger partial charge is 0.457 e. The summed E-state index contributed by atoms with van der Waals surface area (Å²) in [7, 11) is 0. The molecule has 34 heavy (non-hydrogen) atoms. The van der Waals surface area contributed by atoms with Gasteiger partial charge in [-0.1, -0.05) is 42.5 Å². The summed E-state index contributed by atoms with van der Waals surface area (Å²) in [4.78, 5) is 24.9. The van der Waals surface area contributed by atoms with Crippen molar-refractivity contribution in [3.05, 3.63) is 48.0 Å². The quantitative estimate of drug-likeness (QED) is 0.383. The Balaban J connectivity index is 1.79. The molecule has 2 aliphatic rings. The summed E-state index contributed by atoms with van der Waals surface area (Å²) in [5.41, 5.74) is 1.05. The molecule has 188 valence electrons. The molecule has 0 saturated heterocycles. The maximum atomic E-state index is 12.8. The standard InChI is InChI=1S/C26H36O8/c27-17-26(32)25(31)33-19(13-12-18-8-4-3-5-9-18)14-15-21-20(22(28)16-23(21)29)10-6-1-2-7-11-24(30)34-26/h1,3-6,8-9,19-23,27-29,32H,2,7,10-17H2/b6-1-/t19-,20+,21+,22-,23+,26-/m0/s1. The molecule has 0 radical (unpaired) electrons. The van der Waals surface area contributed by atoms with Crippen LogP contribution in [-0.2, 0) is 25.5 Å². The van der Waals surface area contributed by atoms with E-state index in [1.54, 1.807) is 0 Å². The molecule has 1 aliphatic carbocycles. The minimum absolute atomic E-state index is 0.0369. The summed E-state index contributed by atoms with van der Waals surface area (Å²) >= 11 is 0. The van der Waals surface area contributed by atoms with Crippen molar-refractivity contribution in [2.75, 3.05) is 6.61 Å². The molecule has 8 nitrogen and oxygen atoms in total. The molecule has 1 saturated carbocycles. The van der Waals surface area contributed by atoms with Crippen molar-refractivity contribution in [3.63, 3.8) is 0 Å². The second kappa shape index (κ2) is 12.4. The van der Waals surface area contributed by atoms with Crippen LogP contribution in [0.25, 0.3) is 0 Å². The highest BCUT2D eigenvalue weighted by molar-refractivity contribution is 5.82. The maximum absolute atomic E-state index is 12.8. The van der Waals surface area contributed by atoms with E-state index in [1.807, 2.05) is 42.5 Å². The minimum Gasteiger partial charge on any atom is -0.457 e. The van der Waals surface area contributed by atoms with Crippen molar-refractivity contribution >= 4 is 11.9 Å². The van der Waals surface area contributed by atoms with Gasteiger partial charge in [-0.25, -0.2) is 4.79 Å². The van der Waals surface area contributed by atoms with Crippen molar-refractivity contribution in [2.24, 2.45) is 11.8 Å². The molecule has 1 aliphatic heterocycles. The molecule has 3 rings (SSSR count). The number of hydrogen-bond donors (Lipinski definition) is 4. The van der Waals surface area contributed by atoms with Gasteiger partial charge in [0.15, 0.2) is 0 Å². The molecule has 0 aromatic heterocycles. The van der Waals surface area contributed by atoms with E-state index < -0.39 is 42.6 Å². The predicted molar refractivity (Wildman–Crippen MR) is 123 cm³/mol. The monoisotopic (exact) mass is 476 g/mol. The molecule has 1 aromatic carbocycles. The molecule has 0 bridgehead atoms. The van der Waals surface area contributed by atoms with Crippen LogP contribution in [0.1, 0.15) is 56.9 Å². The number of benzene rings is 1. The van der Waals surface area contributed by atoms with Crippen molar-refractivity contribution in [2.45, 2.75) is 81.9 Å². The first-order valence-corrected chi connectivity index (χ1v) is 12.1. The summed E-state index contributed by atoms with van der Waals surface area (Å²) in [6.07, 6.45) is 5.86. The predicted octanol–water partition coefficient (Wildman–Crippen LogP) is 2.02. The summed E-state index contributed by atoms with van der Waals surface area (Å²) in [6, 6.07) is 9.66. The number of carbonyl (C=O) groups is 2. The van der Waals surface area contributed by atoms with Gasteiger partial charge in [-0.05, 0) is 68.8 Å². The van der Waals surface area contributed by atoms with Gasteiger partial charge >= 0.3 is 17.7 Å². The molecule has 0 spiro atoms. The van der Waals surface area contributed by atoms with Crippen LogP contribution in [-0.4, -0.2) is 63.1 Å². The fourth-order valence-electron chi connectivity index (χ4n) is 4.88. The van der Waals surface area contributed by atoms with Gasteiger partial charge < -0.3 is 29.9 Å². The van der Waals surface area contributed by atoms with Gasteiger partial charge in [-0.15, -0.1) is 0 Å². The van der Waals surface area contributed by atoms with Gasteiger partial charge in [0.05, 0.1) is 12.2 Å². The Morgan fingerprint density at radius 1 is 1.00 bits per heavy atom. The van der Waals surface area contributed by atoms with Gasteiger partial charge in [0, 0.05) is 6.42 Å². The van der Waals surface area contributed by atoms with E-state index in [-0.39, 0.29) is 18.3 Å². The molecule has 4 N–H and O–H groups in total. The van der Waals surface area contributed by atoms with Crippen molar-refractivity contribution in [1.82, 2.24) is 0 Å². The van der Waals surface area contributed by atoms with Gasteiger partial charge in [0.2, 0.25) is 0 Å². The third-order valence-electron chi connectivity index (χ3n) is 6.86. The van der Waals surface area contributed by atoms with Gasteiger partial charge in [-0.2, -0.15) is 0 Å². The Bertz CT molecular complexity index is 825. The normalized spacial score (nSPS) is 34.6. The topological polar surface area (TPSA) is 134 Å². The summed E-state index contributed by atoms with van der Waals surface area (Å²) < 4.78 is 10.5. The first-order valence-electron chi connectivity index (χ1n) is 12.1. The van der Waals surface area contributed by atoms with E-state index in [1.165, 1.54) is 0 Å². The lowest BCUT2D eigenvalue weighted by Crippen LogP contribution is -2.49. The summed E-state index contributed by atoms with van der Waals surface area (Å²) in [5.74, 6) is -5.04. The Labute approximate surface area is 200 Å². The average Bonchev–Trinajstić information content (AvgIpc) is 3.09. The SMILES string of the molecule is O=C1CCC/C=C\C[C@@H]2[C@@H](CC[C@H](CCc3ccccc3)OC(=O)[C@](O)(CO)O1)[C@H](O)C[C@@H]2O. The number of allylic oxidation sites excluding steroid dienone is 2. The fourth-order valence-corrected chi connectivity index (χ4v) is 4.88. The number of aliphatic hydroxyl groups excluding tert-OH is 3. The number of esters is 2. The molecule has 0 unspecified atom stereocenters. The van der Waals surface area contributed by atoms with Gasteiger partial charge in [-0.3, -0.25) is 4.79 Å². The van der Waals surface area contributed by atoms with Crippen LogP contribution in [0.5, 0.6) is 0 Å². The van der Waals surface area contributed by atoms with E-state index in [2.05, 4.69) is 0 Å². The van der Waals surface area contributed by atoms with Crippen LogP contribution in [0.2, 0.25) is 0 Å². The van der Waals surface area contributed by atoms with Crippen LogP contribution < -0.4 is 0 Å².